The molecule has 0 bridgehead atoms. The third kappa shape index (κ3) is 3.97. The lowest BCUT2D eigenvalue weighted by atomic mass is 10.0. The molecule has 0 fully saturated rings. The number of nitrogens with one attached hydrogen (secondary N) is 1. The number of ether oxygens (including phenoxy) is 1. The van der Waals surface area contributed by atoms with Crippen molar-refractivity contribution in [1.29, 1.82) is 0 Å². The summed E-state index contributed by atoms with van der Waals surface area (Å²) in [5.74, 6) is -0.322. The van der Waals surface area contributed by atoms with Crippen molar-refractivity contribution in [3.8, 4) is 5.75 Å². The lowest BCUT2D eigenvalue weighted by Gasteiger charge is -2.15. The van der Waals surface area contributed by atoms with Gasteiger partial charge in [-0.25, -0.2) is 4.98 Å². The number of fused-ring (bicyclic) bond motifs is 1. The highest BCUT2D eigenvalue weighted by Crippen LogP contribution is 2.14. The Morgan fingerprint density at radius 3 is 2.50 bits per heavy atom. The first kappa shape index (κ1) is 17.4. The second-order valence-electron chi connectivity index (χ2n) is 5.87. The topological polar surface area (TPSA) is 94.3 Å². The van der Waals surface area contributed by atoms with E-state index in [0.29, 0.717) is 17.7 Å². The molecule has 0 saturated carbocycles. The summed E-state index contributed by atoms with van der Waals surface area (Å²) in [5, 5.41) is 3.61. The van der Waals surface area contributed by atoms with E-state index in [0.717, 1.165) is 10.9 Å². The fourth-order valence-corrected chi connectivity index (χ4v) is 2.64. The maximum Gasteiger partial charge on any atom is 0.270 e. The van der Waals surface area contributed by atoms with Crippen LogP contribution in [0.1, 0.15) is 16.1 Å². The fraction of sp³-hybridized carbons (Fsp3) is 0.150. The Morgan fingerprint density at radius 2 is 1.81 bits per heavy atom. The fourth-order valence-electron chi connectivity index (χ4n) is 2.64. The van der Waals surface area contributed by atoms with Gasteiger partial charge in [-0.15, -0.1) is 0 Å². The van der Waals surface area contributed by atoms with E-state index in [9.17, 15) is 9.59 Å². The zero-order valence-electron chi connectivity index (χ0n) is 14.3. The number of carbonyl (C=O) groups is 2. The molecule has 3 rings (SSSR count). The van der Waals surface area contributed by atoms with Gasteiger partial charge in [-0.05, 0) is 29.8 Å². The van der Waals surface area contributed by atoms with Gasteiger partial charge in [0.15, 0.2) is 0 Å². The number of para-hydroxylation sites is 1. The summed E-state index contributed by atoms with van der Waals surface area (Å²) in [6, 6.07) is 17.4. The zero-order chi connectivity index (χ0) is 18.5. The van der Waals surface area contributed by atoms with Crippen molar-refractivity contribution in [1.82, 2.24) is 10.3 Å². The molecule has 1 heterocycles. The number of aromatic nitrogens is 1. The van der Waals surface area contributed by atoms with Crippen LogP contribution in [0.3, 0.4) is 0 Å². The first-order chi connectivity index (χ1) is 12.6. The molecule has 2 amide bonds. The largest absolute Gasteiger partial charge is 0.497 e. The van der Waals surface area contributed by atoms with Crippen LogP contribution in [0.5, 0.6) is 5.75 Å². The minimum atomic E-state index is -0.829. The number of hydrogen-bond acceptors (Lipinski definition) is 4. The third-order valence-electron chi connectivity index (χ3n) is 4.08. The summed E-state index contributed by atoms with van der Waals surface area (Å²) < 4.78 is 5.11. The van der Waals surface area contributed by atoms with Gasteiger partial charge in [0.2, 0.25) is 5.91 Å². The van der Waals surface area contributed by atoms with Crippen molar-refractivity contribution >= 4 is 22.7 Å². The second kappa shape index (κ2) is 7.65. The standard InChI is InChI=1S/C20H19N3O3/c1-26-15-9-6-13(7-10-15)12-18(19(21)24)23-20(25)17-11-8-14-4-2-3-5-16(14)22-17/h2-11,18H,12H2,1H3,(H2,21,24)(H,23,25)/t18-/m1/s1. The van der Waals surface area contributed by atoms with Gasteiger partial charge in [0.25, 0.3) is 5.91 Å². The normalized spacial score (nSPS) is 11.7. The Hall–Kier alpha value is -3.41. The summed E-state index contributed by atoms with van der Waals surface area (Å²) in [5.41, 5.74) is 7.28. The molecule has 6 nitrogen and oxygen atoms in total. The van der Waals surface area contributed by atoms with Gasteiger partial charge < -0.3 is 15.8 Å². The summed E-state index contributed by atoms with van der Waals surface area (Å²) in [6.07, 6.45) is 0.290. The molecule has 3 N–H and O–H groups in total. The van der Waals surface area contributed by atoms with Crippen LogP contribution in [0.2, 0.25) is 0 Å². The summed E-state index contributed by atoms with van der Waals surface area (Å²) in [4.78, 5) is 28.6. The quantitative estimate of drug-likeness (QED) is 0.712. The van der Waals surface area contributed by atoms with E-state index >= 15 is 0 Å². The number of primary amides is 1. The first-order valence-corrected chi connectivity index (χ1v) is 8.16. The molecule has 3 aromatic rings. The van der Waals surface area contributed by atoms with Gasteiger partial charge in [0.1, 0.15) is 17.5 Å². The smallest absolute Gasteiger partial charge is 0.270 e. The van der Waals surface area contributed by atoms with Crippen molar-refractivity contribution in [3.63, 3.8) is 0 Å². The molecule has 6 heteroatoms. The number of amides is 2. The Bertz CT molecular complexity index is 938. The van der Waals surface area contributed by atoms with E-state index in [-0.39, 0.29) is 5.69 Å². The number of methoxy groups -OCH3 is 1. The zero-order valence-corrected chi connectivity index (χ0v) is 14.3. The predicted octanol–water partition coefficient (Wildman–Crippen LogP) is 2.07. The van der Waals surface area contributed by atoms with Crippen molar-refractivity contribution in [2.45, 2.75) is 12.5 Å². The average Bonchev–Trinajstić information content (AvgIpc) is 2.67. The predicted molar refractivity (Wildman–Crippen MR) is 98.9 cm³/mol. The van der Waals surface area contributed by atoms with Crippen LogP contribution >= 0.6 is 0 Å². The molecule has 0 aliphatic rings. The van der Waals surface area contributed by atoms with Crippen LogP contribution in [0.15, 0.2) is 60.7 Å². The number of carbonyl (C=O) groups excluding carboxylic acids is 2. The maximum atomic E-state index is 12.5. The summed E-state index contributed by atoms with van der Waals surface area (Å²) in [6.45, 7) is 0. The first-order valence-electron chi connectivity index (χ1n) is 8.16. The van der Waals surface area contributed by atoms with Crippen LogP contribution < -0.4 is 15.8 Å². The van der Waals surface area contributed by atoms with Gasteiger partial charge in [-0.2, -0.15) is 0 Å². The minimum absolute atomic E-state index is 0.240. The third-order valence-corrected chi connectivity index (χ3v) is 4.08. The van der Waals surface area contributed by atoms with E-state index in [1.54, 1.807) is 25.3 Å². The Balaban J connectivity index is 1.75. The molecule has 0 aliphatic carbocycles. The van der Waals surface area contributed by atoms with Crippen LogP contribution in [-0.4, -0.2) is 29.9 Å². The Morgan fingerprint density at radius 1 is 1.08 bits per heavy atom. The lowest BCUT2D eigenvalue weighted by molar-refractivity contribution is -0.119. The van der Waals surface area contributed by atoms with Gasteiger partial charge in [-0.1, -0.05) is 36.4 Å². The van der Waals surface area contributed by atoms with E-state index in [1.807, 2.05) is 42.5 Å². The lowest BCUT2D eigenvalue weighted by Crippen LogP contribution is -2.46. The van der Waals surface area contributed by atoms with Crippen LogP contribution in [0.4, 0.5) is 0 Å². The molecular formula is C20H19N3O3. The number of benzene rings is 2. The van der Waals surface area contributed by atoms with Crippen LogP contribution in [-0.2, 0) is 11.2 Å². The van der Waals surface area contributed by atoms with Crippen molar-refractivity contribution in [2.24, 2.45) is 5.73 Å². The molecular weight excluding hydrogens is 330 g/mol. The highest BCUT2D eigenvalue weighted by Gasteiger charge is 2.20. The molecule has 1 aromatic heterocycles. The van der Waals surface area contributed by atoms with Gasteiger partial charge in [-0.3, -0.25) is 9.59 Å². The average molecular weight is 349 g/mol. The molecule has 132 valence electrons. The highest BCUT2D eigenvalue weighted by atomic mass is 16.5. The van der Waals surface area contributed by atoms with Crippen molar-refractivity contribution < 1.29 is 14.3 Å². The summed E-state index contributed by atoms with van der Waals surface area (Å²) in [7, 11) is 1.58. The summed E-state index contributed by atoms with van der Waals surface area (Å²) >= 11 is 0. The van der Waals surface area contributed by atoms with Gasteiger partial charge >= 0.3 is 0 Å². The Labute approximate surface area is 151 Å². The van der Waals surface area contributed by atoms with E-state index < -0.39 is 17.9 Å². The maximum absolute atomic E-state index is 12.5. The van der Waals surface area contributed by atoms with E-state index in [1.165, 1.54) is 0 Å². The molecule has 26 heavy (non-hydrogen) atoms. The van der Waals surface area contributed by atoms with Crippen molar-refractivity contribution in [3.05, 3.63) is 71.9 Å². The molecule has 2 aromatic carbocycles. The molecule has 0 radical (unpaired) electrons. The number of hydrogen-bond donors (Lipinski definition) is 2. The molecule has 0 spiro atoms. The molecule has 1 atom stereocenters. The molecule has 0 unspecified atom stereocenters. The second-order valence-corrected chi connectivity index (χ2v) is 5.87. The number of rotatable bonds is 6. The van der Waals surface area contributed by atoms with E-state index in [4.69, 9.17) is 10.5 Å². The number of nitrogens with two attached hydrogens (primary N) is 1. The van der Waals surface area contributed by atoms with Gasteiger partial charge in [0.05, 0.1) is 12.6 Å². The highest BCUT2D eigenvalue weighted by molar-refractivity contribution is 5.97. The molecule has 0 saturated heterocycles. The van der Waals surface area contributed by atoms with Crippen LogP contribution in [0, 0.1) is 0 Å². The number of nitrogens with zero attached hydrogens (tertiary/aromatic N) is 1. The van der Waals surface area contributed by atoms with E-state index in [2.05, 4.69) is 10.3 Å². The number of pyridine rings is 1. The Kier molecular flexibility index (Phi) is 5.12. The van der Waals surface area contributed by atoms with Crippen molar-refractivity contribution in [2.75, 3.05) is 7.11 Å². The minimum Gasteiger partial charge on any atom is -0.497 e. The van der Waals surface area contributed by atoms with Crippen LogP contribution in [0.25, 0.3) is 10.9 Å². The van der Waals surface area contributed by atoms with Gasteiger partial charge in [0, 0.05) is 11.8 Å². The monoisotopic (exact) mass is 349 g/mol. The SMILES string of the molecule is COc1ccc(C[C@@H](NC(=O)c2ccc3ccccc3n2)C(N)=O)cc1. The molecule has 0 aliphatic heterocycles.